The van der Waals surface area contributed by atoms with Crippen LogP contribution in [0.5, 0.6) is 0 Å². The molecule has 0 spiro atoms. The van der Waals surface area contributed by atoms with Gasteiger partial charge in [-0.3, -0.25) is 4.68 Å². The average Bonchev–Trinajstić information content (AvgIpc) is 2.61. The van der Waals surface area contributed by atoms with Crippen molar-refractivity contribution in [3.63, 3.8) is 0 Å². The molecule has 0 fully saturated rings. The number of rotatable bonds is 3. The molecule has 2 heterocycles. The molecule has 0 radical (unpaired) electrons. The first-order valence-corrected chi connectivity index (χ1v) is 5.70. The summed E-state index contributed by atoms with van der Waals surface area (Å²) < 4.78 is 7.26. The maximum Gasteiger partial charge on any atom is 0.0876 e. The molecule has 4 nitrogen and oxygen atoms in total. The summed E-state index contributed by atoms with van der Waals surface area (Å²) in [6.07, 6.45) is 6.17. The summed E-state index contributed by atoms with van der Waals surface area (Å²) in [7, 11) is 3.93. The standard InChI is InChI=1S/C12H19N3O/c1-9-11(7-15(3)14-9)12(13-2)10-5-4-6-16-8-10/h7-8,12-13H,4-6H2,1-3H3. The summed E-state index contributed by atoms with van der Waals surface area (Å²) in [6.45, 7) is 2.88. The minimum absolute atomic E-state index is 0.231. The fourth-order valence-electron chi connectivity index (χ4n) is 2.24. The molecule has 16 heavy (non-hydrogen) atoms. The Morgan fingerprint density at radius 2 is 2.38 bits per heavy atom. The largest absolute Gasteiger partial charge is 0.501 e. The van der Waals surface area contributed by atoms with Crippen molar-refractivity contribution in [3.8, 4) is 0 Å². The molecular weight excluding hydrogens is 202 g/mol. The molecular formula is C12H19N3O. The second kappa shape index (κ2) is 4.70. The number of hydrogen-bond donors (Lipinski definition) is 1. The molecule has 1 aliphatic heterocycles. The van der Waals surface area contributed by atoms with Crippen molar-refractivity contribution in [3.05, 3.63) is 29.3 Å². The Kier molecular flexibility index (Phi) is 3.29. The fourth-order valence-corrected chi connectivity index (χ4v) is 2.24. The van der Waals surface area contributed by atoms with E-state index in [1.165, 1.54) is 11.1 Å². The number of aryl methyl sites for hydroxylation is 2. The minimum Gasteiger partial charge on any atom is -0.501 e. The first kappa shape index (κ1) is 11.2. The molecule has 0 saturated heterocycles. The fraction of sp³-hybridized carbons (Fsp3) is 0.583. The van der Waals surface area contributed by atoms with Crippen LogP contribution in [0.4, 0.5) is 0 Å². The smallest absolute Gasteiger partial charge is 0.0876 e. The maximum atomic E-state index is 5.40. The van der Waals surface area contributed by atoms with Crippen LogP contribution in [0.2, 0.25) is 0 Å². The highest BCUT2D eigenvalue weighted by atomic mass is 16.5. The van der Waals surface area contributed by atoms with Gasteiger partial charge >= 0.3 is 0 Å². The molecule has 2 rings (SSSR count). The SMILES string of the molecule is CNC(C1=COCCC1)c1cn(C)nc1C. The van der Waals surface area contributed by atoms with Gasteiger partial charge in [0.05, 0.1) is 24.6 Å². The molecule has 1 N–H and O–H groups in total. The van der Waals surface area contributed by atoms with Crippen LogP contribution >= 0.6 is 0 Å². The molecule has 1 aromatic rings. The number of likely N-dealkylation sites (N-methyl/N-ethyl adjacent to an activating group) is 1. The zero-order valence-electron chi connectivity index (χ0n) is 10.2. The van der Waals surface area contributed by atoms with Crippen LogP contribution in [-0.2, 0) is 11.8 Å². The van der Waals surface area contributed by atoms with Gasteiger partial charge in [-0.15, -0.1) is 0 Å². The lowest BCUT2D eigenvalue weighted by Crippen LogP contribution is -2.21. The van der Waals surface area contributed by atoms with E-state index in [0.717, 1.165) is 25.1 Å². The summed E-state index contributed by atoms with van der Waals surface area (Å²) in [4.78, 5) is 0. The molecule has 1 aromatic heterocycles. The second-order valence-electron chi connectivity index (χ2n) is 4.23. The van der Waals surface area contributed by atoms with E-state index in [0.29, 0.717) is 0 Å². The molecule has 0 aliphatic carbocycles. The molecule has 0 aromatic carbocycles. The summed E-state index contributed by atoms with van der Waals surface area (Å²) in [5.41, 5.74) is 3.62. The van der Waals surface area contributed by atoms with Crippen molar-refractivity contribution in [2.24, 2.45) is 7.05 Å². The summed E-state index contributed by atoms with van der Waals surface area (Å²) in [5, 5.41) is 7.72. The zero-order chi connectivity index (χ0) is 11.5. The minimum atomic E-state index is 0.231. The first-order chi connectivity index (χ1) is 7.72. The lowest BCUT2D eigenvalue weighted by atomic mass is 9.96. The highest BCUT2D eigenvalue weighted by Crippen LogP contribution is 2.28. The van der Waals surface area contributed by atoms with Crippen molar-refractivity contribution in [2.75, 3.05) is 13.7 Å². The Labute approximate surface area is 96.3 Å². The molecule has 1 aliphatic rings. The Bertz CT molecular complexity index is 395. The molecule has 0 bridgehead atoms. The Morgan fingerprint density at radius 1 is 1.56 bits per heavy atom. The Balaban J connectivity index is 2.28. The molecule has 4 heteroatoms. The first-order valence-electron chi connectivity index (χ1n) is 5.70. The van der Waals surface area contributed by atoms with Gasteiger partial charge in [0.15, 0.2) is 0 Å². The van der Waals surface area contributed by atoms with Gasteiger partial charge in [0.2, 0.25) is 0 Å². The van der Waals surface area contributed by atoms with E-state index in [-0.39, 0.29) is 6.04 Å². The average molecular weight is 221 g/mol. The van der Waals surface area contributed by atoms with Crippen molar-refractivity contribution >= 4 is 0 Å². The van der Waals surface area contributed by atoms with Gasteiger partial charge in [0.25, 0.3) is 0 Å². The van der Waals surface area contributed by atoms with Crippen LogP contribution in [0, 0.1) is 6.92 Å². The van der Waals surface area contributed by atoms with Crippen LogP contribution in [0.15, 0.2) is 18.0 Å². The van der Waals surface area contributed by atoms with Crippen LogP contribution in [0.1, 0.15) is 30.1 Å². The van der Waals surface area contributed by atoms with Crippen LogP contribution in [0.25, 0.3) is 0 Å². The summed E-state index contributed by atoms with van der Waals surface area (Å²) >= 11 is 0. The highest BCUT2D eigenvalue weighted by molar-refractivity contribution is 5.29. The Morgan fingerprint density at radius 3 is 2.88 bits per heavy atom. The topological polar surface area (TPSA) is 39.1 Å². The van der Waals surface area contributed by atoms with E-state index in [9.17, 15) is 0 Å². The van der Waals surface area contributed by atoms with E-state index >= 15 is 0 Å². The molecule has 1 atom stereocenters. The van der Waals surface area contributed by atoms with E-state index in [1.54, 1.807) is 0 Å². The number of nitrogens with one attached hydrogen (secondary N) is 1. The number of nitrogens with zero attached hydrogens (tertiary/aromatic N) is 2. The van der Waals surface area contributed by atoms with E-state index < -0.39 is 0 Å². The van der Waals surface area contributed by atoms with Gasteiger partial charge in [-0.05, 0) is 32.4 Å². The molecule has 0 amide bonds. The van der Waals surface area contributed by atoms with Crippen LogP contribution < -0.4 is 5.32 Å². The van der Waals surface area contributed by atoms with Gasteiger partial charge in [0, 0.05) is 18.8 Å². The van der Waals surface area contributed by atoms with Crippen molar-refractivity contribution in [2.45, 2.75) is 25.8 Å². The van der Waals surface area contributed by atoms with Gasteiger partial charge in [-0.1, -0.05) is 0 Å². The normalized spacial score (nSPS) is 17.8. The number of aromatic nitrogens is 2. The van der Waals surface area contributed by atoms with E-state index in [4.69, 9.17) is 4.74 Å². The van der Waals surface area contributed by atoms with Crippen molar-refractivity contribution in [1.82, 2.24) is 15.1 Å². The third kappa shape index (κ3) is 2.11. The van der Waals surface area contributed by atoms with Gasteiger partial charge < -0.3 is 10.1 Å². The molecule has 1 unspecified atom stereocenters. The highest BCUT2D eigenvalue weighted by Gasteiger charge is 2.20. The monoisotopic (exact) mass is 221 g/mol. The number of ether oxygens (including phenoxy) is 1. The van der Waals surface area contributed by atoms with Crippen LogP contribution in [-0.4, -0.2) is 23.4 Å². The van der Waals surface area contributed by atoms with Gasteiger partial charge in [-0.2, -0.15) is 5.10 Å². The van der Waals surface area contributed by atoms with Crippen LogP contribution in [0.3, 0.4) is 0 Å². The lowest BCUT2D eigenvalue weighted by molar-refractivity contribution is 0.220. The van der Waals surface area contributed by atoms with Gasteiger partial charge in [-0.25, -0.2) is 0 Å². The van der Waals surface area contributed by atoms with E-state index in [1.807, 2.05) is 32.0 Å². The Hall–Kier alpha value is -1.29. The predicted molar refractivity (Wildman–Crippen MR) is 63.0 cm³/mol. The molecule has 0 saturated carbocycles. The lowest BCUT2D eigenvalue weighted by Gasteiger charge is -2.22. The molecule has 88 valence electrons. The van der Waals surface area contributed by atoms with Gasteiger partial charge in [0.1, 0.15) is 0 Å². The predicted octanol–water partition coefficient (Wildman–Crippen LogP) is 1.68. The third-order valence-electron chi connectivity index (χ3n) is 2.98. The summed E-state index contributed by atoms with van der Waals surface area (Å²) in [6, 6.07) is 0.231. The maximum absolute atomic E-state index is 5.40. The van der Waals surface area contributed by atoms with E-state index in [2.05, 4.69) is 16.6 Å². The van der Waals surface area contributed by atoms with Crippen molar-refractivity contribution < 1.29 is 4.74 Å². The quantitative estimate of drug-likeness (QED) is 0.844. The van der Waals surface area contributed by atoms with Crippen molar-refractivity contribution in [1.29, 1.82) is 0 Å². The zero-order valence-corrected chi connectivity index (χ0v) is 10.2. The summed E-state index contributed by atoms with van der Waals surface area (Å²) in [5.74, 6) is 0. The third-order valence-corrected chi connectivity index (χ3v) is 2.98. The number of hydrogen-bond acceptors (Lipinski definition) is 3. The second-order valence-corrected chi connectivity index (χ2v) is 4.23.